The summed E-state index contributed by atoms with van der Waals surface area (Å²) in [7, 11) is 1.71. The summed E-state index contributed by atoms with van der Waals surface area (Å²) in [6, 6.07) is 2.44. The van der Waals surface area contributed by atoms with Gasteiger partial charge in [-0.15, -0.1) is 0 Å². The Kier molecular flexibility index (Phi) is 7.99. The molecule has 2 saturated carbocycles. The van der Waals surface area contributed by atoms with E-state index in [2.05, 4.69) is 34.0 Å². The lowest BCUT2D eigenvalue weighted by atomic mass is 9.82. The monoisotopic (exact) mass is 486 g/mol. The maximum absolute atomic E-state index is 8.12. The topological polar surface area (TPSA) is 109 Å². The number of nitrogens with two attached hydrogens (primary N) is 1. The Bertz CT molecular complexity index is 1190. The third-order valence-corrected chi connectivity index (χ3v) is 7.65. The third kappa shape index (κ3) is 5.57. The third-order valence-electron chi connectivity index (χ3n) is 7.65. The van der Waals surface area contributed by atoms with Crippen LogP contribution in [0.2, 0.25) is 0 Å². The van der Waals surface area contributed by atoms with Crippen LogP contribution in [0.15, 0.2) is 58.5 Å². The Hall–Kier alpha value is -3.32. The Morgan fingerprint density at radius 2 is 2.14 bits per heavy atom. The minimum absolute atomic E-state index is 0.380. The van der Waals surface area contributed by atoms with Gasteiger partial charge in [-0.25, -0.2) is 4.98 Å². The van der Waals surface area contributed by atoms with Crippen molar-refractivity contribution < 1.29 is 4.74 Å². The van der Waals surface area contributed by atoms with E-state index in [1.54, 1.807) is 19.4 Å². The SMILES string of the molecule is C=CNC(=NC)/C(C=N)=C(\C)c1c(CC2CCC3C(N)C3C2)cc(OC2=CN=C(C)CC=C2)nc1C. The molecule has 190 valence electrons. The van der Waals surface area contributed by atoms with Gasteiger partial charge >= 0.3 is 0 Å². The van der Waals surface area contributed by atoms with E-state index in [-0.39, 0.29) is 0 Å². The number of hydrogen-bond donors (Lipinski definition) is 3. The lowest BCUT2D eigenvalue weighted by molar-refractivity contribution is 0.340. The Morgan fingerprint density at radius 1 is 1.33 bits per heavy atom. The number of aryl methyl sites for hydroxylation is 1. The maximum Gasteiger partial charge on any atom is 0.219 e. The first-order valence-corrected chi connectivity index (χ1v) is 12.8. The second-order valence-electron chi connectivity index (χ2n) is 10.1. The van der Waals surface area contributed by atoms with Crippen LogP contribution in [0, 0.1) is 30.1 Å². The van der Waals surface area contributed by atoms with Gasteiger partial charge in [0.15, 0.2) is 0 Å². The average molecular weight is 487 g/mol. The Morgan fingerprint density at radius 3 is 2.83 bits per heavy atom. The minimum Gasteiger partial charge on any atom is -0.437 e. The van der Waals surface area contributed by atoms with Crippen LogP contribution in [-0.4, -0.2) is 35.8 Å². The van der Waals surface area contributed by atoms with Crippen molar-refractivity contribution in [2.45, 2.75) is 58.9 Å². The molecule has 0 aromatic carbocycles. The molecule has 2 fully saturated rings. The second kappa shape index (κ2) is 11.2. The summed E-state index contributed by atoms with van der Waals surface area (Å²) < 4.78 is 6.20. The van der Waals surface area contributed by atoms with Crippen LogP contribution in [0.25, 0.3) is 5.57 Å². The van der Waals surface area contributed by atoms with Crippen LogP contribution in [0.1, 0.15) is 56.4 Å². The Balaban J connectivity index is 1.74. The summed E-state index contributed by atoms with van der Waals surface area (Å²) in [5, 5.41) is 11.2. The summed E-state index contributed by atoms with van der Waals surface area (Å²) in [6.45, 7) is 9.80. The number of rotatable bonds is 8. The van der Waals surface area contributed by atoms with Gasteiger partial charge in [0, 0.05) is 54.3 Å². The second-order valence-corrected chi connectivity index (χ2v) is 10.1. The van der Waals surface area contributed by atoms with E-state index in [0.29, 0.717) is 40.9 Å². The quantitative estimate of drug-likeness (QED) is 0.349. The first kappa shape index (κ1) is 25.8. The molecule has 2 heterocycles. The molecular formula is C29H38N6O. The molecule has 0 spiro atoms. The lowest BCUT2D eigenvalue weighted by Gasteiger charge is -2.24. The highest BCUT2D eigenvalue weighted by atomic mass is 16.5. The predicted octanol–water partition coefficient (Wildman–Crippen LogP) is 5.13. The Labute approximate surface area is 214 Å². The highest BCUT2D eigenvalue weighted by Crippen LogP contribution is 2.51. The van der Waals surface area contributed by atoms with Gasteiger partial charge in [-0.05, 0) is 87.6 Å². The van der Waals surface area contributed by atoms with Gasteiger partial charge in [-0.2, -0.15) is 0 Å². The largest absolute Gasteiger partial charge is 0.437 e. The molecule has 0 saturated heterocycles. The number of nitrogens with one attached hydrogen (secondary N) is 2. The van der Waals surface area contributed by atoms with Crippen LogP contribution in [0.4, 0.5) is 0 Å². The normalized spacial score (nSPS) is 26.1. The summed E-state index contributed by atoms with van der Waals surface area (Å²) in [5.41, 5.74) is 12.1. The fourth-order valence-corrected chi connectivity index (χ4v) is 5.72. The molecule has 2 aliphatic carbocycles. The fourth-order valence-electron chi connectivity index (χ4n) is 5.72. The van der Waals surface area contributed by atoms with Gasteiger partial charge < -0.3 is 21.2 Å². The van der Waals surface area contributed by atoms with Crippen molar-refractivity contribution in [2.75, 3.05) is 7.05 Å². The minimum atomic E-state index is 0.380. The lowest BCUT2D eigenvalue weighted by Crippen LogP contribution is -2.22. The number of aliphatic imine (C=N–C) groups is 2. The van der Waals surface area contributed by atoms with Crippen molar-refractivity contribution in [1.29, 1.82) is 5.41 Å². The summed E-state index contributed by atoms with van der Waals surface area (Å²) >= 11 is 0. The number of pyridine rings is 1. The van der Waals surface area contributed by atoms with Crippen LogP contribution < -0.4 is 15.8 Å². The van der Waals surface area contributed by atoms with Crippen molar-refractivity contribution in [1.82, 2.24) is 10.3 Å². The van der Waals surface area contributed by atoms with Crippen molar-refractivity contribution in [2.24, 2.45) is 33.5 Å². The van der Waals surface area contributed by atoms with Gasteiger partial charge in [0.1, 0.15) is 11.6 Å². The zero-order valence-electron chi connectivity index (χ0n) is 21.8. The molecule has 4 N–H and O–H groups in total. The smallest absolute Gasteiger partial charge is 0.219 e. The van der Waals surface area contributed by atoms with E-state index in [1.807, 2.05) is 26.8 Å². The highest BCUT2D eigenvalue weighted by Gasteiger charge is 2.50. The summed E-state index contributed by atoms with van der Waals surface area (Å²) in [4.78, 5) is 13.6. The van der Waals surface area contributed by atoms with E-state index in [4.69, 9.17) is 20.9 Å². The van der Waals surface area contributed by atoms with Crippen LogP contribution in [0.5, 0.6) is 5.88 Å². The molecule has 1 aliphatic heterocycles. The number of fused-ring (bicyclic) bond motifs is 1. The van der Waals surface area contributed by atoms with Crippen molar-refractivity contribution in [3.63, 3.8) is 0 Å². The van der Waals surface area contributed by atoms with Crippen molar-refractivity contribution in [3.8, 4) is 5.88 Å². The summed E-state index contributed by atoms with van der Waals surface area (Å²) in [6.07, 6.45) is 14.0. The van der Waals surface area contributed by atoms with Gasteiger partial charge in [-0.1, -0.05) is 12.7 Å². The maximum atomic E-state index is 8.12. The van der Waals surface area contributed by atoms with Gasteiger partial charge in [0.2, 0.25) is 5.88 Å². The number of aromatic nitrogens is 1. The number of ether oxygens (including phenoxy) is 1. The van der Waals surface area contributed by atoms with Crippen LogP contribution >= 0.6 is 0 Å². The van der Waals surface area contributed by atoms with Gasteiger partial charge in [-0.3, -0.25) is 9.98 Å². The molecule has 7 nitrogen and oxygen atoms in total. The highest BCUT2D eigenvalue weighted by molar-refractivity contribution is 6.20. The van der Waals surface area contributed by atoms with E-state index >= 15 is 0 Å². The zero-order valence-corrected chi connectivity index (χ0v) is 21.8. The number of hydrogen-bond acceptors (Lipinski definition) is 6. The molecule has 4 atom stereocenters. The fraction of sp³-hybridized carbons (Fsp3) is 0.448. The first-order chi connectivity index (χ1) is 17.4. The molecule has 3 aliphatic rings. The van der Waals surface area contributed by atoms with Crippen LogP contribution in [-0.2, 0) is 6.42 Å². The van der Waals surface area contributed by atoms with Gasteiger partial charge in [0.25, 0.3) is 0 Å². The summed E-state index contributed by atoms with van der Waals surface area (Å²) in [5.74, 6) is 3.79. The number of nitrogens with zero attached hydrogens (tertiary/aromatic N) is 3. The number of allylic oxidation sites excluding steroid dienone is 3. The molecule has 7 heteroatoms. The molecule has 0 radical (unpaired) electrons. The average Bonchev–Trinajstić information content (AvgIpc) is 3.55. The molecule has 4 unspecified atom stereocenters. The van der Waals surface area contributed by atoms with Crippen LogP contribution in [0.3, 0.4) is 0 Å². The predicted molar refractivity (Wildman–Crippen MR) is 149 cm³/mol. The molecule has 0 bridgehead atoms. The molecule has 0 amide bonds. The van der Waals surface area contributed by atoms with Gasteiger partial charge in [0.05, 0.1) is 6.20 Å². The standard InChI is InChI=1S/C29H38N6O/c1-6-33-29(32-5)25(15-30)18(3)27-19(4)35-26(36-22-9-7-8-17(2)34-16-22)14-21(27)12-20-10-11-23-24(13-20)28(23)31/h6-7,9,14-16,20,23-24,28,30H,1,8,10-13,31H2,2-5H3,(H,32,33)/b25-18+,30-15?. The molecule has 4 rings (SSSR count). The van der Waals surface area contributed by atoms with E-state index in [0.717, 1.165) is 41.3 Å². The molecule has 1 aromatic rings. The zero-order chi connectivity index (χ0) is 25.8. The van der Waals surface area contributed by atoms with Crippen molar-refractivity contribution >= 4 is 23.3 Å². The van der Waals surface area contributed by atoms with E-state index in [1.165, 1.54) is 31.0 Å². The molecule has 1 aromatic heterocycles. The van der Waals surface area contributed by atoms with E-state index in [9.17, 15) is 0 Å². The number of amidine groups is 1. The first-order valence-electron chi connectivity index (χ1n) is 12.8. The van der Waals surface area contributed by atoms with Crippen molar-refractivity contribution in [3.05, 3.63) is 65.4 Å². The molecular weight excluding hydrogens is 448 g/mol. The van der Waals surface area contributed by atoms with E-state index < -0.39 is 0 Å². The molecule has 36 heavy (non-hydrogen) atoms.